The topological polar surface area (TPSA) is 82.1 Å². The van der Waals surface area contributed by atoms with Gasteiger partial charge < -0.3 is 20.1 Å². The van der Waals surface area contributed by atoms with Gasteiger partial charge in [-0.05, 0) is 19.1 Å². The van der Waals surface area contributed by atoms with Crippen LogP contribution in [0.5, 0.6) is 0 Å². The number of nitrogens with one attached hydrogen (secondary N) is 1. The normalized spacial score (nSPS) is 22.5. The van der Waals surface area contributed by atoms with Gasteiger partial charge in [-0.1, -0.05) is 17.7 Å². The first-order valence-corrected chi connectivity index (χ1v) is 9.16. The minimum Gasteiger partial charge on any atom is -0.390 e. The van der Waals surface area contributed by atoms with Gasteiger partial charge in [0.1, 0.15) is 0 Å². The van der Waals surface area contributed by atoms with Crippen LogP contribution >= 0.6 is 0 Å². The lowest BCUT2D eigenvalue weighted by Crippen LogP contribution is -2.45. The van der Waals surface area contributed by atoms with Crippen LogP contribution in [0.25, 0.3) is 0 Å². The van der Waals surface area contributed by atoms with Crippen molar-refractivity contribution in [3.63, 3.8) is 0 Å². The highest BCUT2D eigenvalue weighted by atomic mass is 16.5. The molecule has 1 aromatic rings. The summed E-state index contributed by atoms with van der Waals surface area (Å²) < 4.78 is 5.28. The largest absolute Gasteiger partial charge is 0.390 e. The molecule has 2 N–H and O–H groups in total. The second-order valence-electron chi connectivity index (χ2n) is 7.05. The Bertz CT molecular complexity index is 628. The molecule has 3 rings (SSSR count). The maximum Gasteiger partial charge on any atom is 0.227 e. The number of aryl methyl sites for hydroxylation is 1. The van der Waals surface area contributed by atoms with Crippen molar-refractivity contribution in [2.24, 2.45) is 5.92 Å². The Morgan fingerprint density at radius 1 is 1.31 bits per heavy atom. The number of carbonyl (C=O) groups is 2. The molecule has 0 bridgehead atoms. The Balaban J connectivity index is 1.46. The molecule has 2 atom stereocenters. The van der Waals surface area contributed by atoms with Crippen LogP contribution < -0.4 is 10.2 Å². The summed E-state index contributed by atoms with van der Waals surface area (Å²) in [7, 11) is 0. The Morgan fingerprint density at radius 3 is 2.69 bits per heavy atom. The zero-order valence-corrected chi connectivity index (χ0v) is 15.2. The smallest absolute Gasteiger partial charge is 0.227 e. The van der Waals surface area contributed by atoms with Crippen molar-refractivity contribution < 1.29 is 19.4 Å². The number of rotatable bonds is 6. The maximum absolute atomic E-state index is 12.4. The molecule has 0 aliphatic carbocycles. The van der Waals surface area contributed by atoms with Crippen LogP contribution in [0.1, 0.15) is 12.0 Å². The molecule has 2 saturated heterocycles. The predicted molar refractivity (Wildman–Crippen MR) is 97.9 cm³/mol. The zero-order chi connectivity index (χ0) is 18.5. The number of ether oxygens (including phenoxy) is 1. The summed E-state index contributed by atoms with van der Waals surface area (Å²) in [4.78, 5) is 28.4. The molecule has 1 aromatic carbocycles. The fourth-order valence-corrected chi connectivity index (χ4v) is 3.37. The Labute approximate surface area is 153 Å². The highest BCUT2D eigenvalue weighted by Gasteiger charge is 2.35. The summed E-state index contributed by atoms with van der Waals surface area (Å²) >= 11 is 0. The first-order chi connectivity index (χ1) is 12.5. The number of aliphatic hydroxyl groups is 1. The second-order valence-corrected chi connectivity index (χ2v) is 7.05. The van der Waals surface area contributed by atoms with E-state index in [0.717, 1.165) is 24.3 Å². The molecule has 0 spiro atoms. The Kier molecular flexibility index (Phi) is 6.24. The van der Waals surface area contributed by atoms with E-state index in [1.165, 1.54) is 0 Å². The molecule has 2 fully saturated rings. The number of anilines is 1. The van der Waals surface area contributed by atoms with Gasteiger partial charge in [0.25, 0.3) is 0 Å². The summed E-state index contributed by atoms with van der Waals surface area (Å²) in [6.45, 7) is 6.05. The van der Waals surface area contributed by atoms with Gasteiger partial charge in [-0.25, -0.2) is 0 Å². The molecule has 2 aliphatic heterocycles. The van der Waals surface area contributed by atoms with Crippen molar-refractivity contribution in [1.29, 1.82) is 0 Å². The maximum atomic E-state index is 12.4. The number of amides is 2. The minimum absolute atomic E-state index is 0.0390. The quantitative estimate of drug-likeness (QED) is 0.754. The van der Waals surface area contributed by atoms with Gasteiger partial charge in [0, 0.05) is 44.8 Å². The van der Waals surface area contributed by atoms with E-state index in [2.05, 4.69) is 10.2 Å². The molecule has 142 valence electrons. The third-order valence-corrected chi connectivity index (χ3v) is 4.93. The molecule has 26 heavy (non-hydrogen) atoms. The lowest BCUT2D eigenvalue weighted by atomic mass is 10.1. The fraction of sp³-hybridized carbons (Fsp3) is 0.579. The molecular formula is C19H27N3O4. The minimum atomic E-state index is -0.623. The number of hydrogen-bond acceptors (Lipinski definition) is 5. The fourth-order valence-electron chi connectivity index (χ4n) is 3.37. The van der Waals surface area contributed by atoms with Gasteiger partial charge in [-0.15, -0.1) is 0 Å². The number of aliphatic hydroxyl groups excluding tert-OH is 1. The molecule has 2 amide bonds. The van der Waals surface area contributed by atoms with Crippen LogP contribution in [-0.2, 0) is 14.3 Å². The number of nitrogens with zero attached hydrogens (tertiary/aromatic N) is 2. The van der Waals surface area contributed by atoms with Gasteiger partial charge in [0.15, 0.2) is 0 Å². The number of carbonyl (C=O) groups excluding carboxylic acids is 2. The van der Waals surface area contributed by atoms with Gasteiger partial charge in [-0.2, -0.15) is 0 Å². The third kappa shape index (κ3) is 4.81. The van der Waals surface area contributed by atoms with Crippen molar-refractivity contribution in [1.82, 2.24) is 10.2 Å². The average Bonchev–Trinajstić information content (AvgIpc) is 3.03. The highest BCUT2D eigenvalue weighted by Crippen LogP contribution is 2.25. The second kappa shape index (κ2) is 8.62. The summed E-state index contributed by atoms with van der Waals surface area (Å²) in [5.41, 5.74) is 1.95. The van der Waals surface area contributed by atoms with E-state index >= 15 is 0 Å². The van der Waals surface area contributed by atoms with E-state index in [-0.39, 0.29) is 30.7 Å². The Morgan fingerprint density at radius 2 is 2.00 bits per heavy atom. The van der Waals surface area contributed by atoms with Gasteiger partial charge in [0.05, 0.1) is 25.2 Å². The van der Waals surface area contributed by atoms with Crippen LogP contribution in [0.2, 0.25) is 0 Å². The monoisotopic (exact) mass is 361 g/mol. The van der Waals surface area contributed by atoms with E-state index in [0.29, 0.717) is 26.3 Å². The van der Waals surface area contributed by atoms with Crippen molar-refractivity contribution >= 4 is 17.5 Å². The van der Waals surface area contributed by atoms with Gasteiger partial charge >= 0.3 is 0 Å². The predicted octanol–water partition coefficient (Wildman–Crippen LogP) is 0.157. The van der Waals surface area contributed by atoms with E-state index in [9.17, 15) is 14.7 Å². The lowest BCUT2D eigenvalue weighted by molar-refractivity contribution is -0.126. The summed E-state index contributed by atoms with van der Waals surface area (Å²) in [6.07, 6.45) is -0.415. The first-order valence-electron chi connectivity index (χ1n) is 9.16. The molecule has 0 aromatic heterocycles. The van der Waals surface area contributed by atoms with Crippen molar-refractivity contribution in [2.75, 3.05) is 50.8 Å². The van der Waals surface area contributed by atoms with Crippen molar-refractivity contribution in [2.45, 2.75) is 19.4 Å². The van der Waals surface area contributed by atoms with E-state index < -0.39 is 6.10 Å². The average molecular weight is 361 g/mol. The van der Waals surface area contributed by atoms with Gasteiger partial charge in [0.2, 0.25) is 11.8 Å². The zero-order valence-electron chi connectivity index (χ0n) is 15.2. The van der Waals surface area contributed by atoms with E-state index in [1.54, 1.807) is 4.90 Å². The molecule has 0 radical (unpaired) electrons. The number of morpholine rings is 1. The molecule has 7 nitrogen and oxygen atoms in total. The van der Waals surface area contributed by atoms with Crippen molar-refractivity contribution in [3.8, 4) is 0 Å². The van der Waals surface area contributed by atoms with Crippen LogP contribution in [0, 0.1) is 12.8 Å². The molecule has 0 saturated carbocycles. The molecule has 2 unspecified atom stereocenters. The van der Waals surface area contributed by atoms with E-state index in [1.807, 2.05) is 31.2 Å². The Hall–Kier alpha value is -1.96. The summed E-state index contributed by atoms with van der Waals surface area (Å²) in [6, 6.07) is 7.72. The molecule has 2 aliphatic rings. The number of benzene rings is 1. The number of hydrogen-bond donors (Lipinski definition) is 2. The lowest BCUT2D eigenvalue weighted by Gasteiger charge is -2.28. The third-order valence-electron chi connectivity index (χ3n) is 4.93. The first kappa shape index (κ1) is 18.8. The number of β-amino-alcohol motifs (C(OH)–C–C–N with tert-alkyl or cyclic N) is 1. The summed E-state index contributed by atoms with van der Waals surface area (Å²) in [5, 5.41) is 12.9. The van der Waals surface area contributed by atoms with E-state index in [4.69, 9.17) is 4.74 Å². The van der Waals surface area contributed by atoms with Crippen molar-refractivity contribution in [3.05, 3.63) is 29.8 Å². The molecule has 7 heteroatoms. The van der Waals surface area contributed by atoms with Crippen LogP contribution in [0.3, 0.4) is 0 Å². The molecular weight excluding hydrogens is 334 g/mol. The van der Waals surface area contributed by atoms with Crippen LogP contribution in [0.15, 0.2) is 24.3 Å². The molecule has 2 heterocycles. The highest BCUT2D eigenvalue weighted by molar-refractivity contribution is 6.00. The SMILES string of the molecule is Cc1ccc(N2CC(C(=O)NCC(O)CN3CCOCC3)CC2=O)cc1. The van der Waals surface area contributed by atoms with Crippen LogP contribution in [0.4, 0.5) is 5.69 Å². The van der Waals surface area contributed by atoms with Crippen LogP contribution in [-0.4, -0.2) is 73.9 Å². The summed E-state index contributed by atoms with van der Waals surface area (Å²) in [5.74, 6) is -0.587. The standard InChI is InChI=1S/C19H27N3O4/c1-14-2-4-16(5-3-14)22-12-15(10-18(22)24)19(25)20-11-17(23)13-21-6-8-26-9-7-21/h2-5,15,17,23H,6-13H2,1H3,(H,20,25). The van der Waals surface area contributed by atoms with Gasteiger partial charge in [-0.3, -0.25) is 14.5 Å².